The van der Waals surface area contributed by atoms with Gasteiger partial charge in [0.1, 0.15) is 0 Å². The molecule has 1 aromatic heterocycles. The lowest BCUT2D eigenvalue weighted by molar-refractivity contribution is 0.328. The van der Waals surface area contributed by atoms with E-state index in [9.17, 15) is 0 Å². The Balaban J connectivity index is 1.73. The Bertz CT molecular complexity index is 361. The summed E-state index contributed by atoms with van der Waals surface area (Å²) in [5.74, 6) is 1.48. The number of hydrogen-bond acceptors (Lipinski definition) is 2. The second-order valence-corrected chi connectivity index (χ2v) is 5.37. The maximum absolute atomic E-state index is 5.74. The van der Waals surface area contributed by atoms with Crippen molar-refractivity contribution in [3.05, 3.63) is 17.0 Å². The molecule has 1 heterocycles. The van der Waals surface area contributed by atoms with Crippen LogP contribution in [0, 0.1) is 5.92 Å². The molecule has 3 rings (SSSR count). The van der Waals surface area contributed by atoms with Gasteiger partial charge in [0.05, 0.1) is 5.69 Å². The van der Waals surface area contributed by atoms with Gasteiger partial charge in [-0.15, -0.1) is 0 Å². The molecule has 2 aliphatic rings. The zero-order valence-corrected chi connectivity index (χ0v) is 9.84. The van der Waals surface area contributed by atoms with Crippen molar-refractivity contribution in [2.75, 3.05) is 6.54 Å². The number of hydrogen-bond donors (Lipinski definition) is 2. The van der Waals surface area contributed by atoms with Crippen LogP contribution in [0.1, 0.15) is 55.0 Å². The first-order valence-corrected chi connectivity index (χ1v) is 6.64. The largest absolute Gasteiger partial charge is 0.330 e. The van der Waals surface area contributed by atoms with Gasteiger partial charge < -0.3 is 5.73 Å². The number of nitrogens with zero attached hydrogens (tertiary/aromatic N) is 1. The molecule has 1 fully saturated rings. The van der Waals surface area contributed by atoms with Crippen molar-refractivity contribution < 1.29 is 0 Å². The van der Waals surface area contributed by atoms with Crippen LogP contribution in [0.4, 0.5) is 0 Å². The Hall–Kier alpha value is -0.830. The van der Waals surface area contributed by atoms with Gasteiger partial charge in [-0.2, -0.15) is 5.10 Å². The zero-order valence-electron chi connectivity index (χ0n) is 9.84. The van der Waals surface area contributed by atoms with Crippen molar-refractivity contribution in [1.29, 1.82) is 0 Å². The first kappa shape index (κ1) is 10.3. The number of aromatic amines is 1. The van der Waals surface area contributed by atoms with Gasteiger partial charge >= 0.3 is 0 Å². The summed E-state index contributed by atoms with van der Waals surface area (Å²) >= 11 is 0. The lowest BCUT2D eigenvalue weighted by Gasteiger charge is -2.27. The van der Waals surface area contributed by atoms with E-state index in [0.717, 1.165) is 12.5 Å². The molecule has 16 heavy (non-hydrogen) atoms. The maximum Gasteiger partial charge on any atom is 0.0687 e. The first-order valence-electron chi connectivity index (χ1n) is 6.64. The van der Waals surface area contributed by atoms with Crippen molar-refractivity contribution in [3.63, 3.8) is 0 Å². The van der Waals surface area contributed by atoms with E-state index < -0.39 is 0 Å². The molecule has 0 radical (unpaired) electrons. The van der Waals surface area contributed by atoms with Crippen molar-refractivity contribution in [2.24, 2.45) is 11.7 Å². The summed E-state index contributed by atoms with van der Waals surface area (Å²) in [4.78, 5) is 0. The van der Waals surface area contributed by atoms with Crippen molar-refractivity contribution in [2.45, 2.75) is 50.9 Å². The molecule has 0 unspecified atom stereocenters. The van der Waals surface area contributed by atoms with Crippen LogP contribution in [-0.4, -0.2) is 16.7 Å². The van der Waals surface area contributed by atoms with Crippen LogP contribution in [0.25, 0.3) is 0 Å². The van der Waals surface area contributed by atoms with Crippen molar-refractivity contribution >= 4 is 0 Å². The number of aromatic nitrogens is 2. The Morgan fingerprint density at radius 1 is 1.19 bits per heavy atom. The van der Waals surface area contributed by atoms with E-state index in [1.54, 1.807) is 5.56 Å². The molecule has 3 heteroatoms. The highest BCUT2D eigenvalue weighted by atomic mass is 15.1. The maximum atomic E-state index is 5.74. The summed E-state index contributed by atoms with van der Waals surface area (Å²) in [7, 11) is 0. The number of nitrogens with two attached hydrogens (primary N) is 1. The summed E-state index contributed by atoms with van der Waals surface area (Å²) in [6, 6.07) is 0. The van der Waals surface area contributed by atoms with Crippen LogP contribution in [0.5, 0.6) is 0 Å². The number of fused-ring (bicyclic) bond motifs is 1. The summed E-state index contributed by atoms with van der Waals surface area (Å²) in [5, 5.41) is 7.79. The van der Waals surface area contributed by atoms with Crippen molar-refractivity contribution in [3.8, 4) is 0 Å². The molecule has 0 aromatic carbocycles. The highest BCUT2D eigenvalue weighted by Crippen LogP contribution is 2.38. The van der Waals surface area contributed by atoms with Crippen LogP contribution >= 0.6 is 0 Å². The summed E-state index contributed by atoms with van der Waals surface area (Å²) in [6.07, 6.45) is 8.94. The molecule has 1 aromatic rings. The van der Waals surface area contributed by atoms with Crippen LogP contribution in [0.15, 0.2) is 0 Å². The highest BCUT2D eigenvalue weighted by molar-refractivity contribution is 5.32. The standard InChI is InChI=1S/C13H21N3/c14-8-9-4-6-10(7-5-9)13-11-2-1-3-12(11)15-16-13/h9-10H,1-8,14H2,(H,15,16). The third-order valence-corrected chi connectivity index (χ3v) is 4.41. The summed E-state index contributed by atoms with van der Waals surface area (Å²) < 4.78 is 0. The second kappa shape index (κ2) is 4.21. The Labute approximate surface area is 96.8 Å². The molecule has 0 spiro atoms. The number of H-pyrrole nitrogens is 1. The lowest BCUT2D eigenvalue weighted by atomic mass is 9.79. The Morgan fingerprint density at radius 3 is 2.75 bits per heavy atom. The fourth-order valence-electron chi connectivity index (χ4n) is 3.35. The SMILES string of the molecule is NCC1CCC(c2n[nH]c3c2CCC3)CC1. The molecule has 3 N–H and O–H groups in total. The monoisotopic (exact) mass is 219 g/mol. The number of aryl methyl sites for hydroxylation is 1. The van der Waals surface area contributed by atoms with E-state index in [4.69, 9.17) is 5.73 Å². The molecule has 0 amide bonds. The van der Waals surface area contributed by atoms with Gasteiger partial charge in [-0.3, -0.25) is 5.10 Å². The fourth-order valence-corrected chi connectivity index (χ4v) is 3.35. The average Bonchev–Trinajstić information content (AvgIpc) is 2.91. The van der Waals surface area contributed by atoms with Gasteiger partial charge in [0.25, 0.3) is 0 Å². The van der Waals surface area contributed by atoms with Crippen LogP contribution in [0.2, 0.25) is 0 Å². The van der Waals surface area contributed by atoms with Crippen LogP contribution in [0.3, 0.4) is 0 Å². The van der Waals surface area contributed by atoms with E-state index in [1.807, 2.05) is 0 Å². The Kier molecular flexibility index (Phi) is 2.72. The van der Waals surface area contributed by atoms with Gasteiger partial charge in [0, 0.05) is 11.6 Å². The normalized spacial score (nSPS) is 29.3. The minimum atomic E-state index is 0.709. The molecule has 88 valence electrons. The quantitative estimate of drug-likeness (QED) is 0.800. The number of rotatable bonds is 2. The van der Waals surface area contributed by atoms with Gasteiger partial charge in [0.2, 0.25) is 0 Å². The summed E-state index contributed by atoms with van der Waals surface area (Å²) in [5.41, 5.74) is 10.1. The molecule has 1 saturated carbocycles. The zero-order chi connectivity index (χ0) is 11.0. The van der Waals surface area contributed by atoms with E-state index in [1.165, 1.54) is 56.3 Å². The van der Waals surface area contributed by atoms with E-state index in [0.29, 0.717) is 5.92 Å². The third-order valence-electron chi connectivity index (χ3n) is 4.41. The molecule has 0 atom stereocenters. The highest BCUT2D eigenvalue weighted by Gasteiger charge is 2.27. The predicted octanol–water partition coefficient (Wildman–Crippen LogP) is 2.13. The number of nitrogens with one attached hydrogen (secondary N) is 1. The smallest absolute Gasteiger partial charge is 0.0687 e. The minimum absolute atomic E-state index is 0.709. The fraction of sp³-hybridized carbons (Fsp3) is 0.769. The molecular formula is C13H21N3. The molecular weight excluding hydrogens is 198 g/mol. The molecule has 0 aliphatic heterocycles. The van der Waals surface area contributed by atoms with E-state index >= 15 is 0 Å². The first-order chi connectivity index (χ1) is 7.88. The van der Waals surface area contributed by atoms with Gasteiger partial charge in [-0.1, -0.05) is 0 Å². The third kappa shape index (κ3) is 1.67. The predicted molar refractivity (Wildman–Crippen MR) is 64.4 cm³/mol. The van der Waals surface area contributed by atoms with E-state index in [2.05, 4.69) is 10.2 Å². The molecule has 0 saturated heterocycles. The topological polar surface area (TPSA) is 54.7 Å². The van der Waals surface area contributed by atoms with E-state index in [-0.39, 0.29) is 0 Å². The van der Waals surface area contributed by atoms with Crippen LogP contribution in [-0.2, 0) is 12.8 Å². The van der Waals surface area contributed by atoms with Gasteiger partial charge in [-0.05, 0) is 63.0 Å². The molecule has 3 nitrogen and oxygen atoms in total. The van der Waals surface area contributed by atoms with Gasteiger partial charge in [-0.25, -0.2) is 0 Å². The second-order valence-electron chi connectivity index (χ2n) is 5.37. The van der Waals surface area contributed by atoms with Crippen LogP contribution < -0.4 is 5.73 Å². The minimum Gasteiger partial charge on any atom is -0.330 e. The summed E-state index contributed by atoms with van der Waals surface area (Å²) in [6.45, 7) is 0.866. The van der Waals surface area contributed by atoms with Crippen molar-refractivity contribution in [1.82, 2.24) is 10.2 Å². The Morgan fingerprint density at radius 2 is 2.00 bits per heavy atom. The molecule has 2 aliphatic carbocycles. The molecule has 0 bridgehead atoms. The van der Waals surface area contributed by atoms with Gasteiger partial charge in [0.15, 0.2) is 0 Å². The average molecular weight is 219 g/mol. The lowest BCUT2D eigenvalue weighted by Crippen LogP contribution is -2.21.